The second-order valence-corrected chi connectivity index (χ2v) is 5.32. The van der Waals surface area contributed by atoms with Crippen LogP contribution in [0.1, 0.15) is 16.7 Å². The molecule has 1 unspecified atom stereocenters. The summed E-state index contributed by atoms with van der Waals surface area (Å²) in [4.78, 5) is 0. The summed E-state index contributed by atoms with van der Waals surface area (Å²) in [6.07, 6.45) is 0.587. The Kier molecular flexibility index (Phi) is 4.53. The van der Waals surface area contributed by atoms with E-state index in [0.29, 0.717) is 13.0 Å². The Balaban J connectivity index is 2.36. The Morgan fingerprint density at radius 2 is 1.85 bits per heavy atom. The molecule has 0 saturated carbocycles. The smallest absolute Gasteiger partial charge is 0.123 e. The minimum Gasteiger partial charge on any atom is -0.395 e. The Labute approximate surface area is 119 Å². The third-order valence-electron chi connectivity index (χ3n) is 3.78. The van der Waals surface area contributed by atoms with Crippen LogP contribution in [0.3, 0.4) is 0 Å². The van der Waals surface area contributed by atoms with Gasteiger partial charge in [-0.1, -0.05) is 42.0 Å². The van der Waals surface area contributed by atoms with E-state index in [1.165, 1.54) is 12.1 Å². The van der Waals surface area contributed by atoms with E-state index < -0.39 is 5.41 Å². The van der Waals surface area contributed by atoms with Gasteiger partial charge in [0.15, 0.2) is 0 Å². The van der Waals surface area contributed by atoms with Crippen molar-refractivity contribution in [3.8, 4) is 0 Å². The summed E-state index contributed by atoms with van der Waals surface area (Å²) in [5.74, 6) is -0.258. The van der Waals surface area contributed by atoms with Crippen LogP contribution in [0.2, 0.25) is 0 Å². The first-order valence-corrected chi connectivity index (χ1v) is 6.72. The number of benzene rings is 2. The van der Waals surface area contributed by atoms with Gasteiger partial charge in [0, 0.05) is 12.0 Å². The van der Waals surface area contributed by atoms with Crippen LogP contribution in [0.4, 0.5) is 4.39 Å². The molecule has 20 heavy (non-hydrogen) atoms. The second kappa shape index (κ2) is 6.16. The summed E-state index contributed by atoms with van der Waals surface area (Å²) in [6, 6.07) is 14.4. The number of aliphatic hydroxyl groups excluding tert-OH is 1. The molecule has 2 aromatic carbocycles. The molecule has 0 bridgehead atoms. The maximum absolute atomic E-state index is 13.0. The van der Waals surface area contributed by atoms with Crippen molar-refractivity contribution < 1.29 is 9.50 Å². The summed E-state index contributed by atoms with van der Waals surface area (Å²) >= 11 is 0. The Hall–Kier alpha value is -1.71. The molecule has 0 saturated heterocycles. The van der Waals surface area contributed by atoms with E-state index in [2.05, 4.69) is 0 Å². The molecular formula is C17H20FNO. The molecule has 3 N–H and O–H groups in total. The summed E-state index contributed by atoms with van der Waals surface area (Å²) in [6.45, 7) is 2.31. The molecule has 2 rings (SSSR count). The minimum atomic E-state index is -0.524. The lowest BCUT2D eigenvalue weighted by Gasteiger charge is -2.31. The lowest BCUT2D eigenvalue weighted by molar-refractivity contribution is 0.196. The first-order valence-electron chi connectivity index (χ1n) is 6.72. The fraction of sp³-hybridized carbons (Fsp3) is 0.294. The van der Waals surface area contributed by atoms with E-state index >= 15 is 0 Å². The number of halogens is 1. The third-order valence-corrected chi connectivity index (χ3v) is 3.78. The Bertz CT molecular complexity index is 561. The predicted octanol–water partition coefficient (Wildman–Crippen LogP) is 2.57. The average molecular weight is 273 g/mol. The van der Waals surface area contributed by atoms with Crippen molar-refractivity contribution in [3.63, 3.8) is 0 Å². The molecule has 2 nitrogen and oxygen atoms in total. The highest BCUT2D eigenvalue weighted by molar-refractivity contribution is 5.33. The molecule has 0 aromatic heterocycles. The van der Waals surface area contributed by atoms with Crippen LogP contribution in [-0.4, -0.2) is 18.3 Å². The van der Waals surface area contributed by atoms with Crippen molar-refractivity contribution in [2.75, 3.05) is 13.2 Å². The fourth-order valence-corrected chi connectivity index (χ4v) is 2.47. The van der Waals surface area contributed by atoms with Gasteiger partial charge in [0.2, 0.25) is 0 Å². The highest BCUT2D eigenvalue weighted by atomic mass is 19.1. The van der Waals surface area contributed by atoms with Gasteiger partial charge in [-0.15, -0.1) is 0 Å². The highest BCUT2D eigenvalue weighted by Crippen LogP contribution is 2.28. The molecule has 106 valence electrons. The van der Waals surface area contributed by atoms with Gasteiger partial charge in [0.1, 0.15) is 5.82 Å². The summed E-state index contributed by atoms with van der Waals surface area (Å²) < 4.78 is 13.0. The van der Waals surface area contributed by atoms with Crippen LogP contribution in [0.5, 0.6) is 0 Å². The van der Waals surface area contributed by atoms with Gasteiger partial charge in [0.25, 0.3) is 0 Å². The van der Waals surface area contributed by atoms with Gasteiger partial charge in [-0.05, 0) is 36.6 Å². The molecular weight excluding hydrogens is 253 g/mol. The lowest BCUT2D eigenvalue weighted by Crippen LogP contribution is -2.41. The standard InChI is InChI=1S/C17H20FNO/c1-13-3-2-4-15(9-13)17(11-19,12-20)10-14-5-7-16(18)8-6-14/h2-9,20H,10-12,19H2,1H3. The first-order chi connectivity index (χ1) is 9.59. The normalized spacial score (nSPS) is 14.0. The molecule has 0 aliphatic carbocycles. The largest absolute Gasteiger partial charge is 0.395 e. The molecule has 1 atom stereocenters. The van der Waals surface area contributed by atoms with Crippen LogP contribution in [0, 0.1) is 12.7 Å². The zero-order chi connectivity index (χ0) is 14.6. The van der Waals surface area contributed by atoms with E-state index in [-0.39, 0.29) is 12.4 Å². The van der Waals surface area contributed by atoms with Crippen LogP contribution in [0.15, 0.2) is 48.5 Å². The Morgan fingerprint density at radius 3 is 2.40 bits per heavy atom. The van der Waals surface area contributed by atoms with Gasteiger partial charge in [-0.3, -0.25) is 0 Å². The molecule has 0 aliphatic rings. The van der Waals surface area contributed by atoms with Gasteiger partial charge in [0.05, 0.1) is 6.61 Å². The number of nitrogens with two attached hydrogens (primary N) is 1. The second-order valence-electron chi connectivity index (χ2n) is 5.32. The predicted molar refractivity (Wildman–Crippen MR) is 79.1 cm³/mol. The molecule has 0 radical (unpaired) electrons. The third kappa shape index (κ3) is 3.06. The van der Waals surface area contributed by atoms with Crippen LogP contribution < -0.4 is 5.73 Å². The van der Waals surface area contributed by atoms with Crippen molar-refractivity contribution >= 4 is 0 Å². The molecule has 0 fully saturated rings. The summed E-state index contributed by atoms with van der Waals surface area (Å²) in [5.41, 5.74) is 8.54. The van der Waals surface area contributed by atoms with E-state index in [0.717, 1.165) is 16.7 Å². The Morgan fingerprint density at radius 1 is 1.15 bits per heavy atom. The molecule has 0 heterocycles. The maximum Gasteiger partial charge on any atom is 0.123 e. The van der Waals surface area contributed by atoms with Crippen molar-refractivity contribution in [1.82, 2.24) is 0 Å². The maximum atomic E-state index is 13.0. The van der Waals surface area contributed by atoms with Crippen molar-refractivity contribution in [3.05, 3.63) is 71.0 Å². The van der Waals surface area contributed by atoms with Gasteiger partial charge >= 0.3 is 0 Å². The fourth-order valence-electron chi connectivity index (χ4n) is 2.47. The summed E-state index contributed by atoms with van der Waals surface area (Å²) in [7, 11) is 0. The van der Waals surface area contributed by atoms with Gasteiger partial charge < -0.3 is 10.8 Å². The van der Waals surface area contributed by atoms with Crippen LogP contribution >= 0.6 is 0 Å². The monoisotopic (exact) mass is 273 g/mol. The number of hydrogen-bond acceptors (Lipinski definition) is 2. The molecule has 0 spiro atoms. The van der Waals surface area contributed by atoms with Gasteiger partial charge in [-0.25, -0.2) is 4.39 Å². The number of aliphatic hydroxyl groups is 1. The first kappa shape index (κ1) is 14.7. The van der Waals surface area contributed by atoms with E-state index in [4.69, 9.17) is 5.73 Å². The number of hydrogen-bond donors (Lipinski definition) is 2. The van der Waals surface area contributed by atoms with E-state index in [1.807, 2.05) is 31.2 Å². The van der Waals surface area contributed by atoms with Crippen molar-refractivity contribution in [2.24, 2.45) is 5.73 Å². The lowest BCUT2D eigenvalue weighted by atomic mass is 9.76. The van der Waals surface area contributed by atoms with Crippen LogP contribution in [0.25, 0.3) is 0 Å². The SMILES string of the molecule is Cc1cccc(C(CN)(CO)Cc2ccc(F)cc2)c1. The zero-order valence-corrected chi connectivity index (χ0v) is 11.6. The van der Waals surface area contributed by atoms with Crippen LogP contribution in [-0.2, 0) is 11.8 Å². The summed E-state index contributed by atoms with van der Waals surface area (Å²) in [5, 5.41) is 9.88. The zero-order valence-electron chi connectivity index (χ0n) is 11.6. The van der Waals surface area contributed by atoms with Crippen molar-refractivity contribution in [1.29, 1.82) is 0 Å². The molecule has 0 aliphatic heterocycles. The molecule has 2 aromatic rings. The van der Waals surface area contributed by atoms with Gasteiger partial charge in [-0.2, -0.15) is 0 Å². The minimum absolute atomic E-state index is 0.0374. The number of aryl methyl sites for hydroxylation is 1. The van der Waals surface area contributed by atoms with E-state index in [9.17, 15) is 9.50 Å². The van der Waals surface area contributed by atoms with E-state index in [1.54, 1.807) is 12.1 Å². The topological polar surface area (TPSA) is 46.2 Å². The van der Waals surface area contributed by atoms with Crippen molar-refractivity contribution in [2.45, 2.75) is 18.8 Å². The molecule has 3 heteroatoms. The molecule has 0 amide bonds. The number of rotatable bonds is 5. The average Bonchev–Trinajstić information content (AvgIpc) is 2.47. The quantitative estimate of drug-likeness (QED) is 0.879. The highest BCUT2D eigenvalue weighted by Gasteiger charge is 2.30.